The van der Waals surface area contributed by atoms with Crippen LogP contribution in [-0.2, 0) is 4.79 Å². The van der Waals surface area contributed by atoms with Gasteiger partial charge in [-0.25, -0.2) is 4.98 Å². The third-order valence-corrected chi connectivity index (χ3v) is 3.26. The lowest BCUT2D eigenvalue weighted by Gasteiger charge is -2.16. The van der Waals surface area contributed by atoms with Crippen molar-refractivity contribution in [1.29, 1.82) is 0 Å². The summed E-state index contributed by atoms with van der Waals surface area (Å²) >= 11 is 0. The van der Waals surface area contributed by atoms with Crippen LogP contribution in [-0.4, -0.2) is 17.0 Å². The average Bonchev–Trinajstić information content (AvgIpc) is 2.49. The first-order chi connectivity index (χ1) is 10.5. The van der Waals surface area contributed by atoms with Crippen molar-refractivity contribution in [3.05, 3.63) is 48.2 Å². The number of hydrogen-bond acceptors (Lipinski definition) is 4. The molecule has 0 fully saturated rings. The number of carbonyl (C=O) groups is 1. The van der Waals surface area contributed by atoms with Gasteiger partial charge in [-0.2, -0.15) is 0 Å². The Balaban J connectivity index is 1.99. The minimum absolute atomic E-state index is 0.235. The van der Waals surface area contributed by atoms with Gasteiger partial charge in [0, 0.05) is 0 Å². The zero-order valence-electron chi connectivity index (χ0n) is 13.0. The minimum atomic E-state index is -0.611. The predicted molar refractivity (Wildman–Crippen MR) is 87.9 cm³/mol. The van der Waals surface area contributed by atoms with Gasteiger partial charge in [0.2, 0.25) is 0 Å². The number of aromatic nitrogens is 1. The summed E-state index contributed by atoms with van der Waals surface area (Å²) in [4.78, 5) is 16.1. The molecule has 1 aromatic heterocycles. The third-order valence-electron chi connectivity index (χ3n) is 3.26. The predicted octanol–water partition coefficient (Wildman–Crippen LogP) is 3.19. The van der Waals surface area contributed by atoms with Crippen molar-refractivity contribution in [3.63, 3.8) is 0 Å². The van der Waals surface area contributed by atoms with Gasteiger partial charge in [-0.05, 0) is 42.7 Å². The van der Waals surface area contributed by atoms with E-state index in [2.05, 4.69) is 24.1 Å². The van der Waals surface area contributed by atoms with E-state index in [0.717, 1.165) is 0 Å². The molecule has 5 nitrogen and oxygen atoms in total. The van der Waals surface area contributed by atoms with Crippen LogP contribution in [0.2, 0.25) is 0 Å². The Morgan fingerprint density at radius 2 is 2.00 bits per heavy atom. The molecule has 0 aliphatic rings. The molecule has 0 aliphatic carbocycles. The largest absolute Gasteiger partial charge is 0.481 e. The van der Waals surface area contributed by atoms with Gasteiger partial charge in [-0.1, -0.05) is 26.0 Å². The maximum Gasteiger partial charge on any atom is 0.265 e. The number of benzene rings is 1. The molecule has 116 valence electrons. The molecule has 0 aliphatic heterocycles. The first-order valence-corrected chi connectivity index (χ1v) is 7.24. The van der Waals surface area contributed by atoms with Gasteiger partial charge in [-0.15, -0.1) is 0 Å². The van der Waals surface area contributed by atoms with Crippen molar-refractivity contribution in [2.24, 2.45) is 0 Å². The van der Waals surface area contributed by atoms with E-state index in [4.69, 9.17) is 10.5 Å². The molecule has 3 N–H and O–H groups in total. The van der Waals surface area contributed by atoms with Crippen LogP contribution < -0.4 is 15.8 Å². The number of nitrogens with two attached hydrogens (primary N) is 1. The number of rotatable bonds is 5. The van der Waals surface area contributed by atoms with Crippen LogP contribution in [0.1, 0.15) is 32.3 Å². The number of nitrogens with zero attached hydrogens (tertiary/aromatic N) is 1. The zero-order valence-corrected chi connectivity index (χ0v) is 13.0. The second-order valence-electron chi connectivity index (χ2n) is 5.45. The van der Waals surface area contributed by atoms with E-state index >= 15 is 0 Å². The van der Waals surface area contributed by atoms with E-state index in [1.807, 2.05) is 24.3 Å². The van der Waals surface area contributed by atoms with Crippen LogP contribution >= 0.6 is 0 Å². The van der Waals surface area contributed by atoms with Gasteiger partial charge in [0.05, 0.1) is 11.9 Å². The molecule has 0 saturated carbocycles. The Labute approximate surface area is 130 Å². The summed E-state index contributed by atoms with van der Waals surface area (Å²) in [5, 5.41) is 2.74. The van der Waals surface area contributed by atoms with Crippen molar-refractivity contribution in [1.82, 2.24) is 4.98 Å². The number of carbonyl (C=O) groups excluding carboxylic acids is 1. The number of pyridine rings is 1. The summed E-state index contributed by atoms with van der Waals surface area (Å²) in [5.41, 5.74) is 7.27. The topological polar surface area (TPSA) is 77.2 Å². The Morgan fingerprint density at radius 3 is 2.64 bits per heavy atom. The van der Waals surface area contributed by atoms with Crippen LogP contribution in [0.25, 0.3) is 0 Å². The Kier molecular flexibility index (Phi) is 4.99. The molecule has 1 amide bonds. The van der Waals surface area contributed by atoms with Gasteiger partial charge >= 0.3 is 0 Å². The van der Waals surface area contributed by atoms with Crippen molar-refractivity contribution >= 4 is 17.4 Å². The molecule has 1 atom stereocenters. The monoisotopic (exact) mass is 299 g/mol. The summed E-state index contributed by atoms with van der Waals surface area (Å²) in [7, 11) is 0. The smallest absolute Gasteiger partial charge is 0.265 e. The normalized spacial score (nSPS) is 12.0. The molecule has 1 heterocycles. The minimum Gasteiger partial charge on any atom is -0.481 e. The highest BCUT2D eigenvalue weighted by Gasteiger charge is 2.15. The summed E-state index contributed by atoms with van der Waals surface area (Å²) < 4.78 is 5.71. The highest BCUT2D eigenvalue weighted by Crippen LogP contribution is 2.21. The van der Waals surface area contributed by atoms with Crippen molar-refractivity contribution in [2.45, 2.75) is 32.8 Å². The second-order valence-corrected chi connectivity index (χ2v) is 5.45. The Hall–Kier alpha value is -2.56. The summed E-state index contributed by atoms with van der Waals surface area (Å²) in [6.45, 7) is 5.94. The van der Waals surface area contributed by atoms with Gasteiger partial charge in [0.25, 0.3) is 5.91 Å². The van der Waals surface area contributed by atoms with Crippen LogP contribution in [0.15, 0.2) is 42.6 Å². The van der Waals surface area contributed by atoms with E-state index < -0.39 is 6.10 Å². The van der Waals surface area contributed by atoms with Crippen molar-refractivity contribution < 1.29 is 9.53 Å². The van der Waals surface area contributed by atoms with Crippen LogP contribution in [0, 0.1) is 0 Å². The molecule has 0 radical (unpaired) electrons. The number of ether oxygens (including phenoxy) is 1. The van der Waals surface area contributed by atoms with Crippen LogP contribution in [0.5, 0.6) is 5.75 Å². The fourth-order valence-electron chi connectivity index (χ4n) is 1.93. The molecule has 0 saturated heterocycles. The zero-order chi connectivity index (χ0) is 16.1. The molecular formula is C17H21N3O2. The number of amides is 1. The number of hydrogen-bond donors (Lipinski definition) is 2. The van der Waals surface area contributed by atoms with Crippen LogP contribution in [0.3, 0.4) is 0 Å². The molecule has 22 heavy (non-hydrogen) atoms. The number of nitrogens with one attached hydrogen (secondary N) is 1. The van der Waals surface area contributed by atoms with Crippen molar-refractivity contribution in [2.75, 3.05) is 11.1 Å². The Bertz CT molecular complexity index is 639. The number of anilines is 2. The molecular weight excluding hydrogens is 278 g/mol. The summed E-state index contributed by atoms with van der Waals surface area (Å²) in [6, 6.07) is 11.1. The van der Waals surface area contributed by atoms with E-state index in [-0.39, 0.29) is 5.91 Å². The summed E-state index contributed by atoms with van der Waals surface area (Å²) in [5.74, 6) is 1.27. The summed E-state index contributed by atoms with van der Waals surface area (Å²) in [6.07, 6.45) is 0.902. The van der Waals surface area contributed by atoms with Crippen molar-refractivity contribution in [3.8, 4) is 5.75 Å². The standard InChI is InChI=1S/C17H21N3O2/c1-11(2)13-5-4-6-15(9-13)22-12(3)17(21)20-14-7-8-16(18)19-10-14/h4-12H,1-3H3,(H2,18,19)(H,20,21). The van der Waals surface area contributed by atoms with Gasteiger partial charge < -0.3 is 15.8 Å². The molecule has 1 aromatic carbocycles. The van der Waals surface area contributed by atoms with E-state index in [1.54, 1.807) is 19.1 Å². The lowest BCUT2D eigenvalue weighted by molar-refractivity contribution is -0.122. The fourth-order valence-corrected chi connectivity index (χ4v) is 1.93. The van der Waals surface area contributed by atoms with Gasteiger partial charge in [0.1, 0.15) is 11.6 Å². The highest BCUT2D eigenvalue weighted by atomic mass is 16.5. The SMILES string of the molecule is CC(Oc1cccc(C(C)C)c1)C(=O)Nc1ccc(N)nc1. The van der Waals surface area contributed by atoms with Crippen LogP contribution in [0.4, 0.5) is 11.5 Å². The second kappa shape index (κ2) is 6.93. The maximum absolute atomic E-state index is 12.1. The van der Waals surface area contributed by atoms with E-state index in [1.165, 1.54) is 11.8 Å². The average molecular weight is 299 g/mol. The van der Waals surface area contributed by atoms with Gasteiger partial charge in [-0.3, -0.25) is 4.79 Å². The van der Waals surface area contributed by atoms with Gasteiger partial charge in [0.15, 0.2) is 6.10 Å². The van der Waals surface area contributed by atoms with E-state index in [9.17, 15) is 4.79 Å². The molecule has 1 unspecified atom stereocenters. The van der Waals surface area contributed by atoms with E-state index in [0.29, 0.717) is 23.2 Å². The quantitative estimate of drug-likeness (QED) is 0.889. The third kappa shape index (κ3) is 4.22. The number of nitrogen functional groups attached to an aromatic ring is 1. The lowest BCUT2D eigenvalue weighted by atomic mass is 10.0. The fraction of sp³-hybridized carbons (Fsp3) is 0.294. The molecule has 2 aromatic rings. The first-order valence-electron chi connectivity index (χ1n) is 7.24. The molecule has 5 heteroatoms. The lowest BCUT2D eigenvalue weighted by Crippen LogP contribution is -2.30. The first kappa shape index (κ1) is 15.8. The molecule has 2 rings (SSSR count). The Morgan fingerprint density at radius 1 is 1.23 bits per heavy atom. The molecule has 0 spiro atoms. The molecule has 0 bridgehead atoms. The maximum atomic E-state index is 12.1. The highest BCUT2D eigenvalue weighted by molar-refractivity contribution is 5.94.